The van der Waals surface area contributed by atoms with Crippen LogP contribution in [0.2, 0.25) is 0 Å². The molecule has 5 nitrogen and oxygen atoms in total. The van der Waals surface area contributed by atoms with Gasteiger partial charge in [-0.05, 0) is 30.4 Å². The summed E-state index contributed by atoms with van der Waals surface area (Å²) in [6.45, 7) is 8.21. The lowest BCUT2D eigenvalue weighted by atomic mass is 9.75. The zero-order valence-corrected chi connectivity index (χ0v) is 15.6. The Morgan fingerprint density at radius 2 is 2.00 bits per heavy atom. The van der Waals surface area contributed by atoms with Crippen molar-refractivity contribution in [1.82, 2.24) is 9.88 Å². The summed E-state index contributed by atoms with van der Waals surface area (Å²) in [6.07, 6.45) is 4.97. The van der Waals surface area contributed by atoms with E-state index in [9.17, 15) is 9.90 Å². The van der Waals surface area contributed by atoms with E-state index in [4.69, 9.17) is 4.74 Å². The number of pyridine rings is 1. The molecule has 0 saturated carbocycles. The molecular weight excluding hydrogens is 316 g/mol. The molecule has 1 aromatic rings. The molecule has 1 aromatic heterocycles. The quantitative estimate of drug-likeness (QED) is 0.894. The van der Waals surface area contributed by atoms with Crippen molar-refractivity contribution in [3.63, 3.8) is 0 Å². The molecule has 1 unspecified atom stereocenters. The van der Waals surface area contributed by atoms with Crippen molar-refractivity contribution in [2.24, 2.45) is 5.41 Å². The number of nitrogens with zero attached hydrogens (tertiary/aromatic N) is 2. The molecule has 25 heavy (non-hydrogen) atoms. The van der Waals surface area contributed by atoms with Crippen molar-refractivity contribution in [2.45, 2.75) is 64.1 Å². The van der Waals surface area contributed by atoms with Crippen LogP contribution < -0.4 is 0 Å². The predicted octanol–water partition coefficient (Wildman–Crippen LogP) is 2.88. The number of carbonyl (C=O) groups is 1. The van der Waals surface area contributed by atoms with Gasteiger partial charge in [-0.25, -0.2) is 0 Å². The van der Waals surface area contributed by atoms with Gasteiger partial charge in [0.1, 0.15) is 5.60 Å². The summed E-state index contributed by atoms with van der Waals surface area (Å²) in [6, 6.07) is 5.67. The van der Waals surface area contributed by atoms with Crippen molar-refractivity contribution in [3.8, 4) is 0 Å². The first-order chi connectivity index (χ1) is 11.7. The average molecular weight is 346 g/mol. The van der Waals surface area contributed by atoms with Crippen LogP contribution in [0, 0.1) is 5.41 Å². The van der Waals surface area contributed by atoms with E-state index in [-0.39, 0.29) is 16.9 Å². The molecule has 138 valence electrons. The number of piperidine rings is 1. The number of aromatic nitrogens is 1. The summed E-state index contributed by atoms with van der Waals surface area (Å²) in [5.74, 6) is 0.221. The number of amides is 1. The van der Waals surface area contributed by atoms with Crippen molar-refractivity contribution < 1.29 is 14.6 Å². The highest BCUT2D eigenvalue weighted by atomic mass is 16.5. The highest BCUT2D eigenvalue weighted by molar-refractivity contribution is 5.76. The van der Waals surface area contributed by atoms with Crippen LogP contribution in [0.25, 0.3) is 0 Å². The minimum Gasteiger partial charge on any atom is -0.383 e. The molecular formula is C20H30N2O3. The molecule has 2 saturated heterocycles. The number of ether oxygens (including phenoxy) is 1. The summed E-state index contributed by atoms with van der Waals surface area (Å²) in [5, 5.41) is 11.2. The Labute approximate surface area is 150 Å². The van der Waals surface area contributed by atoms with Crippen LogP contribution in [0.5, 0.6) is 0 Å². The molecule has 2 fully saturated rings. The van der Waals surface area contributed by atoms with Gasteiger partial charge in [0.25, 0.3) is 0 Å². The van der Waals surface area contributed by atoms with Crippen LogP contribution in [-0.2, 0) is 15.1 Å². The molecule has 1 atom stereocenters. The maximum absolute atomic E-state index is 12.5. The van der Waals surface area contributed by atoms with Crippen LogP contribution >= 0.6 is 0 Å². The summed E-state index contributed by atoms with van der Waals surface area (Å²) < 4.78 is 6.13. The van der Waals surface area contributed by atoms with E-state index in [1.807, 2.05) is 23.1 Å². The van der Waals surface area contributed by atoms with Crippen molar-refractivity contribution in [1.29, 1.82) is 0 Å². The minimum absolute atomic E-state index is 0.00673. The third-order valence-electron chi connectivity index (χ3n) is 5.39. The average Bonchev–Trinajstić information content (AvgIpc) is 2.55. The molecule has 0 aliphatic carbocycles. The van der Waals surface area contributed by atoms with Crippen LogP contribution in [0.15, 0.2) is 24.4 Å². The smallest absolute Gasteiger partial charge is 0.223 e. The monoisotopic (exact) mass is 346 g/mol. The number of rotatable bonds is 2. The highest BCUT2D eigenvalue weighted by Crippen LogP contribution is 2.44. The minimum atomic E-state index is -0.933. The zero-order chi connectivity index (χ0) is 18.1. The van der Waals surface area contributed by atoms with Crippen LogP contribution in [0.4, 0.5) is 0 Å². The molecule has 3 heterocycles. The van der Waals surface area contributed by atoms with Gasteiger partial charge in [0.05, 0.1) is 17.9 Å². The Bertz CT molecular complexity index is 603. The van der Waals surface area contributed by atoms with E-state index in [1.54, 1.807) is 6.20 Å². The number of likely N-dealkylation sites (tertiary alicyclic amines) is 1. The fourth-order valence-electron chi connectivity index (χ4n) is 4.02. The first-order valence-electron chi connectivity index (χ1n) is 9.27. The van der Waals surface area contributed by atoms with Crippen LogP contribution in [0.3, 0.4) is 0 Å². The lowest BCUT2D eigenvalue weighted by Crippen LogP contribution is -2.54. The molecule has 0 radical (unpaired) electrons. The lowest BCUT2D eigenvalue weighted by Gasteiger charge is -2.49. The molecule has 2 aliphatic heterocycles. The standard InChI is InChI=1S/C20H30N2O3/c1-18(2,3)14-17(23)22-11-7-19(8-12-22)15-20(24,9-13-25-19)16-6-4-5-10-21-16/h4-6,10,24H,7-9,11-15H2,1-3H3. The van der Waals surface area contributed by atoms with Gasteiger partial charge < -0.3 is 14.7 Å². The normalized spacial score (nSPS) is 26.6. The van der Waals surface area contributed by atoms with E-state index in [2.05, 4.69) is 25.8 Å². The molecule has 1 N–H and O–H groups in total. The number of hydrogen-bond acceptors (Lipinski definition) is 4. The van der Waals surface area contributed by atoms with E-state index in [0.717, 1.165) is 18.5 Å². The Kier molecular flexibility index (Phi) is 4.91. The van der Waals surface area contributed by atoms with Crippen molar-refractivity contribution in [3.05, 3.63) is 30.1 Å². The zero-order valence-electron chi connectivity index (χ0n) is 15.6. The fraction of sp³-hybridized carbons (Fsp3) is 0.700. The van der Waals surface area contributed by atoms with Gasteiger partial charge in [-0.1, -0.05) is 26.8 Å². The first kappa shape index (κ1) is 18.3. The largest absolute Gasteiger partial charge is 0.383 e. The summed E-state index contributed by atoms with van der Waals surface area (Å²) in [7, 11) is 0. The van der Waals surface area contributed by atoms with Crippen LogP contribution in [-0.4, -0.2) is 46.2 Å². The molecule has 0 aromatic carbocycles. The summed E-state index contributed by atoms with van der Waals surface area (Å²) in [4.78, 5) is 18.8. The van der Waals surface area contributed by atoms with E-state index in [0.29, 0.717) is 39.0 Å². The third-order valence-corrected chi connectivity index (χ3v) is 5.39. The third kappa shape index (κ3) is 4.21. The topological polar surface area (TPSA) is 62.7 Å². The second kappa shape index (κ2) is 6.69. The maximum atomic E-state index is 12.5. The van der Waals surface area contributed by atoms with Gasteiger partial charge in [-0.3, -0.25) is 9.78 Å². The van der Waals surface area contributed by atoms with Crippen molar-refractivity contribution in [2.75, 3.05) is 19.7 Å². The highest BCUT2D eigenvalue weighted by Gasteiger charge is 2.48. The summed E-state index contributed by atoms with van der Waals surface area (Å²) in [5.41, 5.74) is -0.545. The molecule has 1 spiro atoms. The Hall–Kier alpha value is -1.46. The Morgan fingerprint density at radius 1 is 1.28 bits per heavy atom. The predicted molar refractivity (Wildman–Crippen MR) is 95.9 cm³/mol. The number of aliphatic hydroxyl groups is 1. The van der Waals surface area contributed by atoms with Gasteiger partial charge in [0, 0.05) is 38.5 Å². The molecule has 1 amide bonds. The molecule has 2 aliphatic rings. The molecule has 5 heteroatoms. The first-order valence-corrected chi connectivity index (χ1v) is 9.27. The van der Waals surface area contributed by atoms with Crippen molar-refractivity contribution >= 4 is 5.91 Å². The van der Waals surface area contributed by atoms with Crippen LogP contribution in [0.1, 0.15) is 58.6 Å². The second-order valence-electron chi connectivity index (χ2n) is 8.82. The SMILES string of the molecule is CC(C)(C)CC(=O)N1CCC2(CC1)CC(O)(c1ccccn1)CCO2. The number of hydrogen-bond donors (Lipinski definition) is 1. The summed E-state index contributed by atoms with van der Waals surface area (Å²) >= 11 is 0. The molecule has 0 bridgehead atoms. The Morgan fingerprint density at radius 3 is 2.60 bits per heavy atom. The maximum Gasteiger partial charge on any atom is 0.223 e. The molecule has 3 rings (SSSR count). The van der Waals surface area contributed by atoms with Gasteiger partial charge >= 0.3 is 0 Å². The lowest BCUT2D eigenvalue weighted by molar-refractivity contribution is -0.185. The van der Waals surface area contributed by atoms with Gasteiger partial charge in [0.2, 0.25) is 5.91 Å². The number of carbonyl (C=O) groups excluding carboxylic acids is 1. The van der Waals surface area contributed by atoms with Gasteiger partial charge in [-0.2, -0.15) is 0 Å². The van der Waals surface area contributed by atoms with Gasteiger partial charge in [0.15, 0.2) is 0 Å². The fourth-order valence-corrected chi connectivity index (χ4v) is 4.02. The van der Waals surface area contributed by atoms with Gasteiger partial charge in [-0.15, -0.1) is 0 Å². The van der Waals surface area contributed by atoms with E-state index in [1.165, 1.54) is 0 Å². The van der Waals surface area contributed by atoms with E-state index >= 15 is 0 Å². The Balaban J connectivity index is 1.65. The second-order valence-corrected chi connectivity index (χ2v) is 8.82. The van der Waals surface area contributed by atoms with E-state index < -0.39 is 5.60 Å².